The first-order valence-corrected chi connectivity index (χ1v) is 11.4. The number of furan rings is 1. The van der Waals surface area contributed by atoms with E-state index < -0.39 is 0 Å². The minimum Gasteiger partial charge on any atom is -0.451 e. The number of hydrogen-bond donors (Lipinski definition) is 0. The van der Waals surface area contributed by atoms with Crippen LogP contribution in [-0.4, -0.2) is 52.0 Å². The number of piperazine rings is 1. The summed E-state index contributed by atoms with van der Waals surface area (Å²) in [6, 6.07) is 13.8. The number of carbonyl (C=O) groups excluding carboxylic acids is 1. The van der Waals surface area contributed by atoms with Crippen molar-refractivity contribution < 1.29 is 13.7 Å². The van der Waals surface area contributed by atoms with Crippen molar-refractivity contribution in [3.63, 3.8) is 0 Å². The van der Waals surface area contributed by atoms with Gasteiger partial charge in [0.1, 0.15) is 5.58 Å². The Balaban J connectivity index is 1.22. The van der Waals surface area contributed by atoms with Crippen LogP contribution in [0.5, 0.6) is 0 Å². The highest BCUT2D eigenvalue weighted by molar-refractivity contribution is 9.10. The summed E-state index contributed by atoms with van der Waals surface area (Å²) >= 11 is 3.48. The molecule has 164 valence electrons. The molecule has 0 saturated carbocycles. The van der Waals surface area contributed by atoms with Gasteiger partial charge in [0.05, 0.1) is 6.54 Å². The van der Waals surface area contributed by atoms with Crippen molar-refractivity contribution in [2.75, 3.05) is 26.2 Å². The van der Waals surface area contributed by atoms with Crippen LogP contribution in [-0.2, 0) is 6.54 Å². The number of fused-ring (bicyclic) bond motifs is 1. The lowest BCUT2D eigenvalue weighted by Gasteiger charge is -2.33. The molecule has 1 aliphatic rings. The van der Waals surface area contributed by atoms with E-state index in [2.05, 4.69) is 31.0 Å². The van der Waals surface area contributed by atoms with E-state index >= 15 is 0 Å². The molecular weight excluding hydrogens is 472 g/mol. The molecule has 7 nitrogen and oxygen atoms in total. The molecule has 1 saturated heterocycles. The average molecular weight is 495 g/mol. The van der Waals surface area contributed by atoms with Gasteiger partial charge in [-0.25, -0.2) is 0 Å². The molecule has 0 atom stereocenters. The number of amides is 1. The molecule has 2 aromatic carbocycles. The van der Waals surface area contributed by atoms with Crippen LogP contribution in [0.25, 0.3) is 22.4 Å². The quantitative estimate of drug-likeness (QED) is 0.404. The Morgan fingerprint density at radius 1 is 1.06 bits per heavy atom. The van der Waals surface area contributed by atoms with Gasteiger partial charge in [0, 0.05) is 47.2 Å². The van der Waals surface area contributed by atoms with Crippen molar-refractivity contribution in [3.8, 4) is 11.4 Å². The van der Waals surface area contributed by atoms with Crippen LogP contribution in [0.4, 0.5) is 0 Å². The predicted octanol–water partition coefficient (Wildman–Crippen LogP) is 4.82. The van der Waals surface area contributed by atoms with Crippen molar-refractivity contribution in [2.24, 2.45) is 0 Å². The number of halogens is 1. The Morgan fingerprint density at radius 3 is 2.56 bits per heavy atom. The number of aryl methyl sites for hydroxylation is 2. The number of hydrogen-bond acceptors (Lipinski definition) is 6. The molecule has 8 heteroatoms. The van der Waals surface area contributed by atoms with Gasteiger partial charge in [0.25, 0.3) is 5.91 Å². The van der Waals surface area contributed by atoms with Crippen LogP contribution in [0.2, 0.25) is 0 Å². The van der Waals surface area contributed by atoms with E-state index in [0.29, 0.717) is 37.1 Å². The first-order chi connectivity index (χ1) is 15.5. The first kappa shape index (κ1) is 20.9. The fourth-order valence-electron chi connectivity index (χ4n) is 3.98. The van der Waals surface area contributed by atoms with Crippen LogP contribution in [0.1, 0.15) is 27.6 Å². The summed E-state index contributed by atoms with van der Waals surface area (Å²) in [6.45, 7) is 7.26. The summed E-state index contributed by atoms with van der Waals surface area (Å²) in [5, 5.41) is 5.07. The van der Waals surface area contributed by atoms with Gasteiger partial charge < -0.3 is 13.8 Å². The Hall–Kier alpha value is -2.97. The van der Waals surface area contributed by atoms with E-state index in [4.69, 9.17) is 8.94 Å². The van der Waals surface area contributed by atoms with Crippen LogP contribution in [0.15, 0.2) is 55.9 Å². The van der Waals surface area contributed by atoms with Crippen molar-refractivity contribution >= 4 is 32.8 Å². The summed E-state index contributed by atoms with van der Waals surface area (Å²) in [5.74, 6) is 1.54. The smallest absolute Gasteiger partial charge is 0.289 e. The Kier molecular flexibility index (Phi) is 5.57. The average Bonchev–Trinajstić information content (AvgIpc) is 3.39. The molecule has 2 aromatic heterocycles. The zero-order chi connectivity index (χ0) is 22.2. The lowest BCUT2D eigenvalue weighted by atomic mass is 10.1. The van der Waals surface area contributed by atoms with E-state index in [1.165, 1.54) is 5.56 Å². The Labute approximate surface area is 194 Å². The summed E-state index contributed by atoms with van der Waals surface area (Å²) in [4.78, 5) is 21.7. The first-order valence-electron chi connectivity index (χ1n) is 10.6. The topological polar surface area (TPSA) is 75.6 Å². The molecule has 1 fully saturated rings. The molecule has 1 amide bonds. The van der Waals surface area contributed by atoms with Crippen molar-refractivity contribution in [1.29, 1.82) is 0 Å². The lowest BCUT2D eigenvalue weighted by molar-refractivity contribution is 0.0586. The third-order valence-corrected chi connectivity index (χ3v) is 6.38. The zero-order valence-corrected chi connectivity index (χ0v) is 19.6. The Bertz CT molecular complexity index is 1270. The molecule has 0 spiro atoms. The molecule has 0 radical (unpaired) electrons. The fourth-order valence-corrected chi connectivity index (χ4v) is 4.34. The van der Waals surface area contributed by atoms with Gasteiger partial charge in [-0.1, -0.05) is 50.9 Å². The largest absolute Gasteiger partial charge is 0.451 e. The normalized spacial score (nSPS) is 14.9. The van der Waals surface area contributed by atoms with Gasteiger partial charge in [-0.15, -0.1) is 0 Å². The second-order valence-corrected chi connectivity index (χ2v) is 9.06. The minimum absolute atomic E-state index is 0.0612. The number of carbonyl (C=O) groups is 1. The molecule has 0 N–H and O–H groups in total. The van der Waals surface area contributed by atoms with Crippen LogP contribution < -0.4 is 0 Å². The fraction of sp³-hybridized carbons (Fsp3) is 0.292. The van der Waals surface area contributed by atoms with E-state index in [9.17, 15) is 4.79 Å². The van der Waals surface area contributed by atoms with Gasteiger partial charge in [0.15, 0.2) is 5.76 Å². The molecule has 4 aromatic rings. The van der Waals surface area contributed by atoms with Gasteiger partial charge >= 0.3 is 0 Å². The van der Waals surface area contributed by atoms with Gasteiger partial charge in [-0.3, -0.25) is 9.69 Å². The van der Waals surface area contributed by atoms with Gasteiger partial charge in [0.2, 0.25) is 11.7 Å². The molecule has 5 rings (SSSR count). The van der Waals surface area contributed by atoms with Gasteiger partial charge in [-0.2, -0.15) is 4.98 Å². The van der Waals surface area contributed by atoms with Crippen LogP contribution >= 0.6 is 15.9 Å². The second kappa shape index (κ2) is 8.52. The SMILES string of the molecule is Cc1ccc(-c2noc(CN3CCN(C(=O)c4oc5ccc(Br)cc5c4C)CC3)n2)cc1. The summed E-state index contributed by atoms with van der Waals surface area (Å²) < 4.78 is 12.3. The van der Waals surface area contributed by atoms with Crippen molar-refractivity contribution in [1.82, 2.24) is 19.9 Å². The standard InChI is InChI=1S/C24H23BrN4O3/c1-15-3-5-17(6-4-15)23-26-21(32-27-23)14-28-9-11-29(12-10-28)24(30)22-16(2)19-13-18(25)7-8-20(19)31-22/h3-8,13H,9-12,14H2,1-2H3. The highest BCUT2D eigenvalue weighted by atomic mass is 79.9. The zero-order valence-electron chi connectivity index (χ0n) is 18.0. The molecule has 0 aliphatic carbocycles. The molecule has 32 heavy (non-hydrogen) atoms. The number of rotatable bonds is 4. The van der Waals surface area contributed by atoms with E-state index in [-0.39, 0.29) is 5.91 Å². The highest BCUT2D eigenvalue weighted by Crippen LogP contribution is 2.29. The lowest BCUT2D eigenvalue weighted by Crippen LogP contribution is -2.48. The third-order valence-electron chi connectivity index (χ3n) is 5.89. The summed E-state index contributed by atoms with van der Waals surface area (Å²) in [5.41, 5.74) is 3.74. The monoisotopic (exact) mass is 494 g/mol. The summed E-state index contributed by atoms with van der Waals surface area (Å²) in [7, 11) is 0. The molecule has 0 unspecified atom stereocenters. The minimum atomic E-state index is -0.0612. The number of benzene rings is 2. The van der Waals surface area contributed by atoms with Crippen molar-refractivity contribution in [3.05, 3.63) is 69.7 Å². The van der Waals surface area contributed by atoms with E-state index in [1.54, 1.807) is 0 Å². The van der Waals surface area contributed by atoms with E-state index in [1.807, 2.05) is 61.2 Å². The van der Waals surface area contributed by atoms with Crippen LogP contribution in [0, 0.1) is 13.8 Å². The summed E-state index contributed by atoms with van der Waals surface area (Å²) in [6.07, 6.45) is 0. The molecular formula is C24H23BrN4O3. The molecule has 3 heterocycles. The van der Waals surface area contributed by atoms with Crippen molar-refractivity contribution in [2.45, 2.75) is 20.4 Å². The number of aromatic nitrogens is 2. The maximum absolute atomic E-state index is 13.1. The van der Waals surface area contributed by atoms with Crippen LogP contribution in [0.3, 0.4) is 0 Å². The van der Waals surface area contributed by atoms with E-state index in [0.717, 1.165) is 39.7 Å². The highest BCUT2D eigenvalue weighted by Gasteiger charge is 2.27. The van der Waals surface area contributed by atoms with Gasteiger partial charge in [-0.05, 0) is 32.0 Å². The molecule has 1 aliphatic heterocycles. The predicted molar refractivity (Wildman–Crippen MR) is 124 cm³/mol. The maximum Gasteiger partial charge on any atom is 0.289 e. The number of nitrogens with zero attached hydrogens (tertiary/aromatic N) is 4. The maximum atomic E-state index is 13.1. The Morgan fingerprint density at radius 2 is 1.81 bits per heavy atom. The third kappa shape index (κ3) is 4.08. The molecule has 0 bridgehead atoms. The second-order valence-electron chi connectivity index (χ2n) is 8.14.